The predicted molar refractivity (Wildman–Crippen MR) is 61.9 cm³/mol. The number of halogens is 2. The molecule has 0 saturated carbocycles. The number of rotatable bonds is 5. The molecule has 0 atom stereocenters. The van der Waals surface area contributed by atoms with Gasteiger partial charge in [0, 0.05) is 0 Å². The van der Waals surface area contributed by atoms with Crippen molar-refractivity contribution >= 4 is 11.6 Å². The minimum Gasteiger partial charge on any atom is -0.493 e. The molecule has 5 heteroatoms. The van der Waals surface area contributed by atoms with E-state index >= 15 is 0 Å². The van der Waals surface area contributed by atoms with Gasteiger partial charge in [-0.3, -0.25) is 0 Å². The molecule has 0 aliphatic rings. The number of nitrogens with two attached hydrogens (primary N) is 1. The zero-order chi connectivity index (χ0) is 12.1. The summed E-state index contributed by atoms with van der Waals surface area (Å²) in [4.78, 5) is 0. The molecule has 0 heterocycles. The Bertz CT molecular complexity index is 371. The molecule has 0 aromatic heterocycles. The van der Waals surface area contributed by atoms with Crippen LogP contribution in [0.5, 0.6) is 11.5 Å². The van der Waals surface area contributed by atoms with Gasteiger partial charge in [0.2, 0.25) is 0 Å². The average Bonchev–Trinajstić information content (AvgIpc) is 2.30. The smallest absolute Gasteiger partial charge is 0.182 e. The van der Waals surface area contributed by atoms with Gasteiger partial charge in [0.25, 0.3) is 0 Å². The highest BCUT2D eigenvalue weighted by Gasteiger charge is 2.17. The third-order valence-corrected chi connectivity index (χ3v) is 2.61. The van der Waals surface area contributed by atoms with Gasteiger partial charge >= 0.3 is 0 Å². The Morgan fingerprint density at radius 1 is 1.38 bits per heavy atom. The van der Waals surface area contributed by atoms with Gasteiger partial charge in [0.15, 0.2) is 11.5 Å². The normalized spacial score (nSPS) is 10.3. The fourth-order valence-electron chi connectivity index (χ4n) is 1.45. The zero-order valence-electron chi connectivity index (χ0n) is 9.35. The Morgan fingerprint density at radius 2 is 2.06 bits per heavy atom. The van der Waals surface area contributed by atoms with Gasteiger partial charge in [0.1, 0.15) is 10.8 Å². The van der Waals surface area contributed by atoms with Crippen molar-refractivity contribution in [2.24, 2.45) is 5.73 Å². The average molecular weight is 248 g/mol. The van der Waals surface area contributed by atoms with E-state index in [1.165, 1.54) is 14.2 Å². The number of hydrogen-bond acceptors (Lipinski definition) is 3. The van der Waals surface area contributed by atoms with Crippen LogP contribution < -0.4 is 15.2 Å². The first-order chi connectivity index (χ1) is 7.65. The first kappa shape index (κ1) is 13.1. The van der Waals surface area contributed by atoms with Crippen LogP contribution in [-0.4, -0.2) is 20.8 Å². The van der Waals surface area contributed by atoms with Crippen LogP contribution in [0.3, 0.4) is 0 Å². The van der Waals surface area contributed by atoms with Crippen LogP contribution in [-0.2, 0) is 6.42 Å². The van der Waals surface area contributed by atoms with Crippen molar-refractivity contribution in [2.45, 2.75) is 12.8 Å². The summed E-state index contributed by atoms with van der Waals surface area (Å²) in [6, 6.07) is 1.59. The van der Waals surface area contributed by atoms with Gasteiger partial charge in [-0.25, -0.2) is 4.39 Å². The lowest BCUT2D eigenvalue weighted by Gasteiger charge is -2.13. The van der Waals surface area contributed by atoms with E-state index in [4.69, 9.17) is 26.8 Å². The molecular weight excluding hydrogens is 233 g/mol. The van der Waals surface area contributed by atoms with Gasteiger partial charge in [-0.1, -0.05) is 11.6 Å². The van der Waals surface area contributed by atoms with Crippen molar-refractivity contribution in [1.82, 2.24) is 0 Å². The van der Waals surface area contributed by atoms with E-state index < -0.39 is 5.82 Å². The molecule has 0 unspecified atom stereocenters. The van der Waals surface area contributed by atoms with Crippen LogP contribution in [0.4, 0.5) is 4.39 Å². The maximum Gasteiger partial charge on any atom is 0.182 e. The van der Waals surface area contributed by atoms with Crippen LogP contribution in [0.15, 0.2) is 6.07 Å². The van der Waals surface area contributed by atoms with E-state index in [1.54, 1.807) is 6.07 Å². The maximum absolute atomic E-state index is 13.8. The number of aryl methyl sites for hydroxylation is 1. The minimum absolute atomic E-state index is 0.0473. The van der Waals surface area contributed by atoms with Gasteiger partial charge in [-0.05, 0) is 31.0 Å². The first-order valence-corrected chi connectivity index (χ1v) is 5.32. The largest absolute Gasteiger partial charge is 0.493 e. The SMILES string of the molecule is COc1cc(CCCN)c(F)c(Cl)c1OC. The molecule has 1 aromatic carbocycles. The van der Waals surface area contributed by atoms with Crippen LogP contribution in [0.1, 0.15) is 12.0 Å². The van der Waals surface area contributed by atoms with E-state index in [1.807, 2.05) is 0 Å². The second kappa shape index (κ2) is 5.92. The van der Waals surface area contributed by atoms with Crippen LogP contribution in [0, 0.1) is 5.82 Å². The first-order valence-electron chi connectivity index (χ1n) is 4.94. The summed E-state index contributed by atoms with van der Waals surface area (Å²) < 4.78 is 23.9. The summed E-state index contributed by atoms with van der Waals surface area (Å²) >= 11 is 5.85. The summed E-state index contributed by atoms with van der Waals surface area (Å²) in [5, 5.41) is -0.0473. The van der Waals surface area contributed by atoms with Gasteiger partial charge in [-0.15, -0.1) is 0 Å². The van der Waals surface area contributed by atoms with Gasteiger partial charge in [-0.2, -0.15) is 0 Å². The second-order valence-corrected chi connectivity index (χ2v) is 3.67. The summed E-state index contributed by atoms with van der Waals surface area (Å²) in [5.41, 5.74) is 5.87. The standard InChI is InChI=1S/C11H15ClFNO2/c1-15-8-6-7(4-3-5-14)10(13)9(12)11(8)16-2/h6H,3-5,14H2,1-2H3. The van der Waals surface area contributed by atoms with Crippen LogP contribution in [0.25, 0.3) is 0 Å². The molecular formula is C11H15ClFNO2. The van der Waals surface area contributed by atoms with E-state index in [-0.39, 0.29) is 10.8 Å². The van der Waals surface area contributed by atoms with E-state index in [0.29, 0.717) is 30.7 Å². The maximum atomic E-state index is 13.8. The molecule has 0 saturated heterocycles. The predicted octanol–water partition coefficient (Wildman–Crippen LogP) is 2.39. The molecule has 0 bridgehead atoms. The van der Waals surface area contributed by atoms with Crippen molar-refractivity contribution in [1.29, 1.82) is 0 Å². The lowest BCUT2D eigenvalue weighted by atomic mass is 10.1. The second-order valence-electron chi connectivity index (χ2n) is 3.29. The summed E-state index contributed by atoms with van der Waals surface area (Å²) in [6.07, 6.45) is 1.23. The Balaban J connectivity index is 3.16. The third-order valence-electron chi connectivity index (χ3n) is 2.28. The Morgan fingerprint density at radius 3 is 2.56 bits per heavy atom. The zero-order valence-corrected chi connectivity index (χ0v) is 10.1. The molecule has 3 nitrogen and oxygen atoms in total. The molecule has 16 heavy (non-hydrogen) atoms. The van der Waals surface area contributed by atoms with Crippen molar-refractivity contribution in [3.63, 3.8) is 0 Å². The minimum atomic E-state index is -0.465. The van der Waals surface area contributed by atoms with Crippen molar-refractivity contribution < 1.29 is 13.9 Å². The Hall–Kier alpha value is -1.00. The van der Waals surface area contributed by atoms with Crippen molar-refractivity contribution in [3.05, 3.63) is 22.5 Å². The highest BCUT2D eigenvalue weighted by Crippen LogP contribution is 2.38. The Labute approximate surface area is 99.3 Å². The molecule has 0 fully saturated rings. The fourth-order valence-corrected chi connectivity index (χ4v) is 1.74. The molecule has 90 valence electrons. The van der Waals surface area contributed by atoms with E-state index in [9.17, 15) is 4.39 Å². The van der Waals surface area contributed by atoms with Crippen molar-refractivity contribution in [3.8, 4) is 11.5 Å². The van der Waals surface area contributed by atoms with Gasteiger partial charge < -0.3 is 15.2 Å². The third kappa shape index (κ3) is 2.57. The van der Waals surface area contributed by atoms with E-state index in [0.717, 1.165) is 0 Å². The van der Waals surface area contributed by atoms with Crippen molar-refractivity contribution in [2.75, 3.05) is 20.8 Å². The lowest BCUT2D eigenvalue weighted by molar-refractivity contribution is 0.351. The summed E-state index contributed by atoms with van der Waals surface area (Å²) in [7, 11) is 2.90. The fraction of sp³-hybridized carbons (Fsp3) is 0.455. The molecule has 0 spiro atoms. The topological polar surface area (TPSA) is 44.5 Å². The molecule has 0 aliphatic carbocycles. The van der Waals surface area contributed by atoms with Gasteiger partial charge in [0.05, 0.1) is 14.2 Å². The van der Waals surface area contributed by atoms with E-state index in [2.05, 4.69) is 0 Å². The quantitative estimate of drug-likeness (QED) is 0.869. The summed E-state index contributed by atoms with van der Waals surface area (Å²) in [5.74, 6) is 0.187. The molecule has 1 aromatic rings. The molecule has 0 radical (unpaired) electrons. The van der Waals surface area contributed by atoms with Crippen LogP contribution in [0.2, 0.25) is 5.02 Å². The van der Waals surface area contributed by atoms with Crippen LogP contribution >= 0.6 is 11.6 Å². The molecule has 1 rings (SSSR count). The summed E-state index contributed by atoms with van der Waals surface area (Å²) in [6.45, 7) is 0.505. The Kier molecular flexibility index (Phi) is 4.83. The molecule has 2 N–H and O–H groups in total. The molecule has 0 aliphatic heterocycles. The number of benzene rings is 1. The number of methoxy groups -OCH3 is 2. The highest BCUT2D eigenvalue weighted by molar-refractivity contribution is 6.32. The lowest BCUT2D eigenvalue weighted by Crippen LogP contribution is -2.03. The number of ether oxygens (including phenoxy) is 2. The highest BCUT2D eigenvalue weighted by atomic mass is 35.5. The molecule has 0 amide bonds. The monoisotopic (exact) mass is 247 g/mol. The number of hydrogen-bond donors (Lipinski definition) is 1.